The second-order valence-electron chi connectivity index (χ2n) is 4.77. The van der Waals surface area contributed by atoms with Gasteiger partial charge >= 0.3 is 0 Å². The first kappa shape index (κ1) is 13.6. The summed E-state index contributed by atoms with van der Waals surface area (Å²) in [6, 6.07) is 5.70. The van der Waals surface area contributed by atoms with E-state index in [0.29, 0.717) is 12.3 Å². The Morgan fingerprint density at radius 1 is 1.37 bits per heavy atom. The Morgan fingerprint density at radius 3 is 3.00 bits per heavy atom. The number of aryl methyl sites for hydroxylation is 1. The quantitative estimate of drug-likeness (QED) is 0.812. The summed E-state index contributed by atoms with van der Waals surface area (Å²) in [5, 5.41) is 2.94. The van der Waals surface area contributed by atoms with E-state index in [9.17, 15) is 4.79 Å². The van der Waals surface area contributed by atoms with Crippen LogP contribution in [-0.2, 0) is 11.2 Å². The van der Waals surface area contributed by atoms with E-state index in [1.807, 2.05) is 25.1 Å². The maximum absolute atomic E-state index is 11.8. The largest absolute Gasteiger partial charge is 0.441 e. The van der Waals surface area contributed by atoms with E-state index in [1.165, 1.54) is 0 Å². The van der Waals surface area contributed by atoms with Gasteiger partial charge in [0.25, 0.3) is 0 Å². The number of hydrogen-bond donors (Lipinski definition) is 1. The molecule has 1 aromatic heterocycles. The third-order valence-corrected chi connectivity index (χ3v) is 3.03. The molecule has 0 aliphatic rings. The molecule has 1 heterocycles. The van der Waals surface area contributed by atoms with Gasteiger partial charge in [-0.05, 0) is 24.1 Å². The Kier molecular flexibility index (Phi) is 4.55. The molecule has 0 radical (unpaired) electrons. The molecule has 4 heteroatoms. The molecule has 0 aliphatic heterocycles. The molecule has 0 aliphatic carbocycles. The lowest BCUT2D eigenvalue weighted by Crippen LogP contribution is -2.26. The van der Waals surface area contributed by atoms with Crippen LogP contribution in [0.1, 0.15) is 37.6 Å². The van der Waals surface area contributed by atoms with Gasteiger partial charge in [0.1, 0.15) is 5.52 Å². The summed E-state index contributed by atoms with van der Waals surface area (Å²) in [5.41, 5.74) is 2.55. The number of nitrogens with zero attached hydrogens (tertiary/aromatic N) is 1. The van der Waals surface area contributed by atoms with E-state index in [4.69, 9.17) is 4.42 Å². The highest BCUT2D eigenvalue weighted by atomic mass is 16.3. The molecule has 4 nitrogen and oxygen atoms in total. The first-order chi connectivity index (χ1) is 9.19. The van der Waals surface area contributed by atoms with Crippen LogP contribution in [0.25, 0.3) is 11.1 Å². The summed E-state index contributed by atoms with van der Waals surface area (Å²) >= 11 is 0. The Bertz CT molecular complexity index is 560. The number of carbonyl (C=O) groups is 1. The zero-order chi connectivity index (χ0) is 13.7. The first-order valence-corrected chi connectivity index (χ1v) is 6.82. The molecule has 0 spiro atoms. The van der Waals surface area contributed by atoms with Crippen molar-refractivity contribution in [1.29, 1.82) is 0 Å². The number of fused-ring (bicyclic) bond motifs is 1. The monoisotopic (exact) mass is 260 g/mol. The van der Waals surface area contributed by atoms with Crippen molar-refractivity contribution in [2.75, 3.05) is 6.54 Å². The highest BCUT2D eigenvalue weighted by Gasteiger charge is 2.06. The van der Waals surface area contributed by atoms with Crippen molar-refractivity contribution in [3.63, 3.8) is 0 Å². The SMILES string of the molecule is CCCCCNC(=O)Cc1ccc2oc(C)nc2c1. The number of nitrogens with one attached hydrogen (secondary N) is 1. The van der Waals surface area contributed by atoms with Crippen LogP contribution in [0.4, 0.5) is 0 Å². The molecular formula is C15H20N2O2. The van der Waals surface area contributed by atoms with Crippen LogP contribution < -0.4 is 5.32 Å². The minimum atomic E-state index is 0.0654. The molecule has 1 amide bonds. The maximum Gasteiger partial charge on any atom is 0.224 e. The lowest BCUT2D eigenvalue weighted by molar-refractivity contribution is -0.120. The van der Waals surface area contributed by atoms with Crippen LogP contribution >= 0.6 is 0 Å². The molecule has 0 bridgehead atoms. The van der Waals surface area contributed by atoms with Crippen LogP contribution in [0.2, 0.25) is 0 Å². The van der Waals surface area contributed by atoms with Crippen molar-refractivity contribution in [3.05, 3.63) is 29.7 Å². The summed E-state index contributed by atoms with van der Waals surface area (Å²) in [4.78, 5) is 16.0. The van der Waals surface area contributed by atoms with E-state index in [1.54, 1.807) is 0 Å². The third kappa shape index (κ3) is 3.81. The van der Waals surface area contributed by atoms with Gasteiger partial charge in [0.15, 0.2) is 11.5 Å². The number of unbranched alkanes of at least 4 members (excludes halogenated alkanes) is 2. The normalized spacial score (nSPS) is 10.8. The number of amides is 1. The predicted molar refractivity (Wildman–Crippen MR) is 75.0 cm³/mol. The summed E-state index contributed by atoms with van der Waals surface area (Å²) < 4.78 is 5.41. The van der Waals surface area contributed by atoms with Crippen LogP contribution in [0, 0.1) is 6.92 Å². The van der Waals surface area contributed by atoms with Gasteiger partial charge < -0.3 is 9.73 Å². The first-order valence-electron chi connectivity index (χ1n) is 6.82. The van der Waals surface area contributed by atoms with E-state index in [0.717, 1.165) is 42.5 Å². The molecule has 2 rings (SSSR count). The number of rotatable bonds is 6. The number of carbonyl (C=O) groups excluding carboxylic acids is 1. The topological polar surface area (TPSA) is 55.1 Å². The van der Waals surface area contributed by atoms with E-state index >= 15 is 0 Å². The fourth-order valence-electron chi connectivity index (χ4n) is 2.05. The lowest BCUT2D eigenvalue weighted by atomic mass is 10.1. The molecule has 0 unspecified atom stereocenters. The number of benzene rings is 1. The van der Waals surface area contributed by atoms with Gasteiger partial charge in [-0.2, -0.15) is 0 Å². The van der Waals surface area contributed by atoms with Crippen LogP contribution in [-0.4, -0.2) is 17.4 Å². The van der Waals surface area contributed by atoms with Crippen LogP contribution in [0.15, 0.2) is 22.6 Å². The van der Waals surface area contributed by atoms with Gasteiger partial charge in [0, 0.05) is 13.5 Å². The minimum Gasteiger partial charge on any atom is -0.441 e. The fourth-order valence-corrected chi connectivity index (χ4v) is 2.05. The molecule has 0 atom stereocenters. The van der Waals surface area contributed by atoms with Gasteiger partial charge in [-0.15, -0.1) is 0 Å². The molecular weight excluding hydrogens is 240 g/mol. The number of hydrogen-bond acceptors (Lipinski definition) is 3. The van der Waals surface area contributed by atoms with E-state index < -0.39 is 0 Å². The molecule has 1 N–H and O–H groups in total. The summed E-state index contributed by atoms with van der Waals surface area (Å²) in [5.74, 6) is 0.715. The molecule has 0 saturated heterocycles. The van der Waals surface area contributed by atoms with Crippen molar-refractivity contribution in [2.24, 2.45) is 0 Å². The minimum absolute atomic E-state index is 0.0654. The average Bonchev–Trinajstić information content (AvgIpc) is 2.74. The van der Waals surface area contributed by atoms with Crippen molar-refractivity contribution in [2.45, 2.75) is 39.5 Å². The zero-order valence-corrected chi connectivity index (χ0v) is 11.5. The highest BCUT2D eigenvalue weighted by Crippen LogP contribution is 2.17. The van der Waals surface area contributed by atoms with Gasteiger partial charge in [-0.25, -0.2) is 4.98 Å². The van der Waals surface area contributed by atoms with Crippen molar-refractivity contribution >= 4 is 17.0 Å². The van der Waals surface area contributed by atoms with E-state index in [2.05, 4.69) is 17.2 Å². The molecule has 1 aromatic carbocycles. The maximum atomic E-state index is 11.8. The number of aromatic nitrogens is 1. The molecule has 19 heavy (non-hydrogen) atoms. The van der Waals surface area contributed by atoms with Gasteiger partial charge in [0.05, 0.1) is 6.42 Å². The van der Waals surface area contributed by atoms with Crippen LogP contribution in [0.5, 0.6) is 0 Å². The zero-order valence-electron chi connectivity index (χ0n) is 11.5. The second kappa shape index (κ2) is 6.36. The Labute approximate surface area is 113 Å². The van der Waals surface area contributed by atoms with Gasteiger partial charge in [-0.1, -0.05) is 25.8 Å². The predicted octanol–water partition coefficient (Wildman–Crippen LogP) is 2.99. The Hall–Kier alpha value is -1.84. The summed E-state index contributed by atoms with van der Waals surface area (Å²) in [7, 11) is 0. The third-order valence-electron chi connectivity index (χ3n) is 3.03. The smallest absolute Gasteiger partial charge is 0.224 e. The van der Waals surface area contributed by atoms with Gasteiger partial charge in [-0.3, -0.25) is 4.79 Å². The molecule has 0 saturated carbocycles. The molecule has 2 aromatic rings. The molecule has 0 fully saturated rings. The Morgan fingerprint density at radius 2 is 2.21 bits per heavy atom. The van der Waals surface area contributed by atoms with E-state index in [-0.39, 0.29) is 5.91 Å². The summed E-state index contributed by atoms with van der Waals surface area (Å²) in [6.45, 7) is 4.73. The number of oxazole rings is 1. The van der Waals surface area contributed by atoms with Gasteiger partial charge in [0.2, 0.25) is 5.91 Å². The average molecular weight is 260 g/mol. The van der Waals surface area contributed by atoms with Crippen molar-refractivity contribution in [3.8, 4) is 0 Å². The molecule has 102 valence electrons. The second-order valence-corrected chi connectivity index (χ2v) is 4.77. The fraction of sp³-hybridized carbons (Fsp3) is 0.467. The van der Waals surface area contributed by atoms with Crippen molar-refractivity contribution in [1.82, 2.24) is 10.3 Å². The Balaban J connectivity index is 1.91. The summed E-state index contributed by atoms with van der Waals surface area (Å²) in [6.07, 6.45) is 3.76. The highest BCUT2D eigenvalue weighted by molar-refractivity contribution is 5.81. The lowest BCUT2D eigenvalue weighted by Gasteiger charge is -2.04. The van der Waals surface area contributed by atoms with Crippen LogP contribution in [0.3, 0.4) is 0 Å². The van der Waals surface area contributed by atoms with Crippen molar-refractivity contribution < 1.29 is 9.21 Å². The standard InChI is InChI=1S/C15H20N2O2/c1-3-4-5-8-16-15(18)10-12-6-7-14-13(9-12)17-11(2)19-14/h6-7,9H,3-5,8,10H2,1-2H3,(H,16,18).